The zero-order valence-electron chi connectivity index (χ0n) is 15.7. The molecule has 1 fully saturated rings. The largest absolute Gasteiger partial charge is 0.340 e. The summed E-state index contributed by atoms with van der Waals surface area (Å²) in [6.07, 6.45) is 3.43. The van der Waals surface area contributed by atoms with Crippen LogP contribution in [-0.4, -0.2) is 24.3 Å². The van der Waals surface area contributed by atoms with Crippen molar-refractivity contribution in [2.24, 2.45) is 0 Å². The number of para-hydroxylation sites is 1. The molecule has 4 rings (SSSR count). The van der Waals surface area contributed by atoms with Crippen LogP contribution < -0.4 is 5.32 Å². The number of anilines is 2. The molecule has 1 aromatic heterocycles. The second kappa shape index (κ2) is 7.73. The van der Waals surface area contributed by atoms with Crippen molar-refractivity contribution in [1.82, 2.24) is 9.29 Å². The number of hydrogen-bond acceptors (Lipinski definition) is 4. The number of rotatable bonds is 5. The maximum Gasteiger partial charge on any atom is 0.243 e. The monoisotopic (exact) mass is 393 g/mol. The van der Waals surface area contributed by atoms with Gasteiger partial charge in [-0.2, -0.15) is 4.31 Å². The summed E-state index contributed by atoms with van der Waals surface area (Å²) < 4.78 is 27.9. The minimum Gasteiger partial charge on any atom is -0.340 e. The van der Waals surface area contributed by atoms with E-state index in [2.05, 4.69) is 10.3 Å². The molecule has 1 saturated heterocycles. The Kier molecular flexibility index (Phi) is 5.15. The molecule has 1 aliphatic rings. The van der Waals surface area contributed by atoms with Crippen LogP contribution in [0.2, 0.25) is 0 Å². The minimum absolute atomic E-state index is 0.176. The Morgan fingerprint density at radius 1 is 1.00 bits per heavy atom. The highest BCUT2D eigenvalue weighted by atomic mass is 32.2. The molecule has 0 spiro atoms. The van der Waals surface area contributed by atoms with Gasteiger partial charge in [0.2, 0.25) is 10.0 Å². The van der Waals surface area contributed by atoms with E-state index in [1.165, 1.54) is 0 Å². The molecule has 0 bridgehead atoms. The number of sulfonamides is 1. The summed E-state index contributed by atoms with van der Waals surface area (Å²) in [5, 5.41) is 3.25. The molecule has 1 aliphatic heterocycles. The normalized spacial score (nSPS) is 17.5. The van der Waals surface area contributed by atoms with Crippen LogP contribution in [0.25, 0.3) is 0 Å². The highest BCUT2D eigenvalue weighted by Crippen LogP contribution is 2.36. The summed E-state index contributed by atoms with van der Waals surface area (Å²) in [5.41, 5.74) is 2.93. The summed E-state index contributed by atoms with van der Waals surface area (Å²) in [6, 6.07) is 20.6. The highest BCUT2D eigenvalue weighted by Gasteiger charge is 2.36. The Bertz CT molecular complexity index is 1030. The van der Waals surface area contributed by atoms with E-state index in [0.717, 1.165) is 35.5 Å². The molecule has 0 aliphatic carbocycles. The van der Waals surface area contributed by atoms with Crippen molar-refractivity contribution < 1.29 is 8.42 Å². The lowest BCUT2D eigenvalue weighted by molar-refractivity contribution is 0.396. The Morgan fingerprint density at radius 2 is 1.75 bits per heavy atom. The van der Waals surface area contributed by atoms with Crippen LogP contribution in [-0.2, 0) is 10.0 Å². The number of aryl methyl sites for hydroxylation is 1. The zero-order chi connectivity index (χ0) is 19.6. The van der Waals surface area contributed by atoms with Gasteiger partial charge in [0.25, 0.3) is 0 Å². The fourth-order valence-corrected chi connectivity index (χ4v) is 5.23. The van der Waals surface area contributed by atoms with Crippen LogP contribution in [0.3, 0.4) is 0 Å². The van der Waals surface area contributed by atoms with E-state index in [9.17, 15) is 8.42 Å². The van der Waals surface area contributed by atoms with Crippen molar-refractivity contribution in [3.63, 3.8) is 0 Å². The fourth-order valence-electron chi connectivity index (χ4n) is 3.55. The lowest BCUT2D eigenvalue weighted by Crippen LogP contribution is -2.30. The minimum atomic E-state index is -3.52. The Morgan fingerprint density at radius 3 is 2.43 bits per heavy atom. The molecule has 28 heavy (non-hydrogen) atoms. The van der Waals surface area contributed by atoms with Gasteiger partial charge in [-0.1, -0.05) is 42.0 Å². The number of nitrogens with zero attached hydrogens (tertiary/aromatic N) is 2. The molecule has 6 heteroatoms. The molecule has 144 valence electrons. The van der Waals surface area contributed by atoms with Gasteiger partial charge in [-0.25, -0.2) is 13.4 Å². The van der Waals surface area contributed by atoms with Crippen molar-refractivity contribution in [1.29, 1.82) is 0 Å². The standard InChI is InChI=1S/C22H23N3O2S/c1-17-9-12-20(13-10-17)28(26,27)25-15-5-8-21(25)18-11-14-22(23-16-18)24-19-6-3-2-4-7-19/h2-4,6-7,9-14,16,21H,5,8,15H2,1H3,(H,23,24)/t21-/m1/s1. The molecule has 2 aromatic carbocycles. The van der Waals surface area contributed by atoms with E-state index in [-0.39, 0.29) is 6.04 Å². The van der Waals surface area contributed by atoms with Crippen LogP contribution in [0, 0.1) is 6.92 Å². The van der Waals surface area contributed by atoms with Gasteiger partial charge < -0.3 is 5.32 Å². The molecule has 2 heterocycles. The van der Waals surface area contributed by atoms with E-state index in [4.69, 9.17) is 0 Å². The maximum absolute atomic E-state index is 13.1. The first-order chi connectivity index (χ1) is 13.5. The topological polar surface area (TPSA) is 62.3 Å². The maximum atomic E-state index is 13.1. The van der Waals surface area contributed by atoms with Crippen LogP contribution in [0.1, 0.15) is 30.0 Å². The Labute approximate surface area is 166 Å². The molecule has 1 N–H and O–H groups in total. The van der Waals surface area contributed by atoms with Gasteiger partial charge in [-0.3, -0.25) is 0 Å². The second-order valence-corrected chi connectivity index (χ2v) is 8.95. The number of benzene rings is 2. The van der Waals surface area contributed by atoms with Crippen molar-refractivity contribution in [2.45, 2.75) is 30.7 Å². The molecule has 3 aromatic rings. The molecule has 0 radical (unpaired) electrons. The number of nitrogens with one attached hydrogen (secondary N) is 1. The average molecular weight is 394 g/mol. The molecular formula is C22H23N3O2S. The van der Waals surface area contributed by atoms with Gasteiger partial charge in [0.15, 0.2) is 0 Å². The molecule has 0 saturated carbocycles. The van der Waals surface area contributed by atoms with Crippen molar-refractivity contribution in [3.8, 4) is 0 Å². The molecule has 1 atom stereocenters. The van der Waals surface area contributed by atoms with Crippen LogP contribution >= 0.6 is 0 Å². The van der Waals surface area contributed by atoms with E-state index in [1.807, 2.05) is 61.5 Å². The third kappa shape index (κ3) is 3.79. The van der Waals surface area contributed by atoms with Gasteiger partial charge in [-0.15, -0.1) is 0 Å². The quantitative estimate of drug-likeness (QED) is 0.685. The summed E-state index contributed by atoms with van der Waals surface area (Å²) in [5.74, 6) is 0.737. The lowest BCUT2D eigenvalue weighted by Gasteiger charge is -2.24. The van der Waals surface area contributed by atoms with Gasteiger partial charge in [-0.05, 0) is 55.7 Å². The smallest absolute Gasteiger partial charge is 0.243 e. The molecule has 0 unspecified atom stereocenters. The summed E-state index contributed by atoms with van der Waals surface area (Å²) in [7, 11) is -3.52. The first-order valence-corrected chi connectivity index (χ1v) is 10.8. The Hall–Kier alpha value is -2.70. The van der Waals surface area contributed by atoms with Crippen LogP contribution in [0.4, 0.5) is 11.5 Å². The predicted octanol–water partition coefficient (Wildman–Crippen LogP) is 4.66. The third-order valence-electron chi connectivity index (χ3n) is 5.05. The Balaban J connectivity index is 1.55. The first kappa shape index (κ1) is 18.7. The van der Waals surface area contributed by atoms with Crippen LogP contribution in [0.15, 0.2) is 77.8 Å². The van der Waals surface area contributed by atoms with Crippen molar-refractivity contribution >= 4 is 21.5 Å². The van der Waals surface area contributed by atoms with E-state index in [1.54, 1.807) is 22.6 Å². The summed E-state index contributed by atoms with van der Waals surface area (Å²) in [4.78, 5) is 4.83. The van der Waals surface area contributed by atoms with Gasteiger partial charge in [0.1, 0.15) is 5.82 Å². The number of pyridine rings is 1. The predicted molar refractivity (Wildman–Crippen MR) is 111 cm³/mol. The molecular weight excluding hydrogens is 370 g/mol. The van der Waals surface area contributed by atoms with Crippen LogP contribution in [0.5, 0.6) is 0 Å². The number of aromatic nitrogens is 1. The SMILES string of the molecule is Cc1ccc(S(=O)(=O)N2CCC[C@@H]2c2ccc(Nc3ccccc3)nc2)cc1. The van der Waals surface area contributed by atoms with Gasteiger partial charge >= 0.3 is 0 Å². The average Bonchev–Trinajstić information content (AvgIpc) is 3.21. The van der Waals surface area contributed by atoms with Gasteiger partial charge in [0.05, 0.1) is 10.9 Å². The second-order valence-electron chi connectivity index (χ2n) is 7.05. The highest BCUT2D eigenvalue weighted by molar-refractivity contribution is 7.89. The molecule has 0 amide bonds. The zero-order valence-corrected chi connectivity index (χ0v) is 16.6. The number of hydrogen-bond donors (Lipinski definition) is 1. The summed E-state index contributed by atoms with van der Waals surface area (Å²) in [6.45, 7) is 2.48. The van der Waals surface area contributed by atoms with E-state index >= 15 is 0 Å². The lowest BCUT2D eigenvalue weighted by atomic mass is 10.1. The fraction of sp³-hybridized carbons (Fsp3) is 0.227. The van der Waals surface area contributed by atoms with Gasteiger partial charge in [0, 0.05) is 18.4 Å². The van der Waals surface area contributed by atoms with Crippen molar-refractivity contribution in [2.75, 3.05) is 11.9 Å². The van der Waals surface area contributed by atoms with Crippen molar-refractivity contribution in [3.05, 3.63) is 84.1 Å². The first-order valence-electron chi connectivity index (χ1n) is 9.40. The summed E-state index contributed by atoms with van der Waals surface area (Å²) >= 11 is 0. The van der Waals surface area contributed by atoms with E-state index < -0.39 is 10.0 Å². The third-order valence-corrected chi connectivity index (χ3v) is 6.97. The van der Waals surface area contributed by atoms with E-state index in [0.29, 0.717) is 11.4 Å². The molecule has 5 nitrogen and oxygen atoms in total.